The SMILES string of the molecule is c1ccc2[nH]c(-c3nc(C4CCOC4)no3)cc2c1. The Balaban J connectivity index is 1.71. The monoisotopic (exact) mass is 255 g/mol. The largest absolute Gasteiger partial charge is 0.381 e. The van der Waals surface area contributed by atoms with Crippen molar-refractivity contribution in [1.29, 1.82) is 0 Å². The number of hydrogen-bond donors (Lipinski definition) is 1. The highest BCUT2D eigenvalue weighted by Gasteiger charge is 2.23. The molecule has 0 aliphatic carbocycles. The molecule has 1 unspecified atom stereocenters. The van der Waals surface area contributed by atoms with Gasteiger partial charge in [-0.05, 0) is 18.6 Å². The van der Waals surface area contributed by atoms with Crippen LogP contribution in [0.25, 0.3) is 22.5 Å². The quantitative estimate of drug-likeness (QED) is 0.764. The topological polar surface area (TPSA) is 63.9 Å². The van der Waals surface area contributed by atoms with Gasteiger partial charge in [0.2, 0.25) is 0 Å². The number of nitrogens with one attached hydrogen (secondary N) is 1. The van der Waals surface area contributed by atoms with Crippen molar-refractivity contribution < 1.29 is 9.26 Å². The van der Waals surface area contributed by atoms with E-state index in [4.69, 9.17) is 9.26 Å². The van der Waals surface area contributed by atoms with E-state index >= 15 is 0 Å². The molecule has 1 aliphatic rings. The van der Waals surface area contributed by atoms with Gasteiger partial charge in [0.25, 0.3) is 5.89 Å². The van der Waals surface area contributed by atoms with E-state index in [-0.39, 0.29) is 5.92 Å². The molecule has 3 heterocycles. The van der Waals surface area contributed by atoms with Gasteiger partial charge in [-0.2, -0.15) is 4.98 Å². The normalized spacial score (nSPS) is 19.3. The van der Waals surface area contributed by atoms with Crippen molar-refractivity contribution in [3.8, 4) is 11.6 Å². The van der Waals surface area contributed by atoms with E-state index < -0.39 is 0 Å². The highest BCUT2D eigenvalue weighted by molar-refractivity contribution is 5.84. The maximum Gasteiger partial charge on any atom is 0.274 e. The van der Waals surface area contributed by atoms with E-state index in [2.05, 4.69) is 21.2 Å². The van der Waals surface area contributed by atoms with Gasteiger partial charge in [-0.1, -0.05) is 23.4 Å². The lowest BCUT2D eigenvalue weighted by Crippen LogP contribution is -1.99. The number of para-hydroxylation sites is 1. The Morgan fingerprint density at radius 3 is 3.05 bits per heavy atom. The molecule has 1 N–H and O–H groups in total. The number of ether oxygens (including phenoxy) is 1. The van der Waals surface area contributed by atoms with Crippen LogP contribution in [0.3, 0.4) is 0 Å². The average Bonchev–Trinajstić information content (AvgIpc) is 3.17. The first-order valence-electron chi connectivity index (χ1n) is 6.39. The molecule has 1 saturated heterocycles. The molecule has 96 valence electrons. The van der Waals surface area contributed by atoms with Crippen molar-refractivity contribution in [3.05, 3.63) is 36.2 Å². The first kappa shape index (κ1) is 10.8. The molecule has 0 bridgehead atoms. The second-order valence-electron chi connectivity index (χ2n) is 4.79. The summed E-state index contributed by atoms with van der Waals surface area (Å²) in [6.07, 6.45) is 0.964. The van der Waals surface area contributed by atoms with Gasteiger partial charge >= 0.3 is 0 Å². The van der Waals surface area contributed by atoms with Crippen LogP contribution >= 0.6 is 0 Å². The minimum atomic E-state index is 0.266. The fraction of sp³-hybridized carbons (Fsp3) is 0.286. The van der Waals surface area contributed by atoms with Gasteiger partial charge in [0, 0.05) is 23.4 Å². The lowest BCUT2D eigenvalue weighted by molar-refractivity contribution is 0.192. The Labute approximate surface area is 109 Å². The van der Waals surface area contributed by atoms with Crippen LogP contribution in [0.1, 0.15) is 18.2 Å². The molecule has 0 amide bonds. The van der Waals surface area contributed by atoms with Gasteiger partial charge in [-0.25, -0.2) is 0 Å². The minimum Gasteiger partial charge on any atom is -0.381 e. The number of H-pyrrole nitrogens is 1. The number of aromatic nitrogens is 3. The summed E-state index contributed by atoms with van der Waals surface area (Å²) in [7, 11) is 0. The van der Waals surface area contributed by atoms with Gasteiger partial charge in [-0.3, -0.25) is 0 Å². The van der Waals surface area contributed by atoms with E-state index in [0.29, 0.717) is 12.5 Å². The number of rotatable bonds is 2. The summed E-state index contributed by atoms with van der Waals surface area (Å²) in [5.41, 5.74) is 1.93. The fourth-order valence-corrected chi connectivity index (χ4v) is 2.44. The zero-order chi connectivity index (χ0) is 12.7. The van der Waals surface area contributed by atoms with Crippen LogP contribution in [-0.2, 0) is 4.74 Å². The maximum absolute atomic E-state index is 5.35. The van der Waals surface area contributed by atoms with Crippen LogP contribution in [0.2, 0.25) is 0 Å². The Morgan fingerprint density at radius 2 is 2.21 bits per heavy atom. The third-order valence-electron chi connectivity index (χ3n) is 3.50. The summed E-state index contributed by atoms with van der Waals surface area (Å²) >= 11 is 0. The first-order chi connectivity index (χ1) is 9.40. The summed E-state index contributed by atoms with van der Waals surface area (Å²) < 4.78 is 10.7. The molecule has 4 rings (SSSR count). The van der Waals surface area contributed by atoms with Gasteiger partial charge in [0.15, 0.2) is 5.82 Å². The zero-order valence-corrected chi connectivity index (χ0v) is 10.3. The third-order valence-corrected chi connectivity index (χ3v) is 3.50. The second-order valence-corrected chi connectivity index (χ2v) is 4.79. The number of benzene rings is 1. The number of aromatic amines is 1. The molecule has 2 aromatic heterocycles. The molecule has 3 aromatic rings. The van der Waals surface area contributed by atoms with Gasteiger partial charge in [0.1, 0.15) is 5.69 Å². The van der Waals surface area contributed by atoms with Gasteiger partial charge in [0.05, 0.1) is 6.61 Å². The maximum atomic E-state index is 5.35. The molecular formula is C14H13N3O2. The van der Waals surface area contributed by atoms with Crippen LogP contribution in [0.4, 0.5) is 0 Å². The van der Waals surface area contributed by atoms with E-state index in [1.807, 2.05) is 24.3 Å². The van der Waals surface area contributed by atoms with Crippen molar-refractivity contribution in [1.82, 2.24) is 15.1 Å². The van der Waals surface area contributed by atoms with Crippen LogP contribution in [-0.4, -0.2) is 28.3 Å². The van der Waals surface area contributed by atoms with Crippen LogP contribution < -0.4 is 0 Å². The predicted molar refractivity (Wildman–Crippen MR) is 69.8 cm³/mol. The van der Waals surface area contributed by atoms with Crippen LogP contribution in [0.15, 0.2) is 34.9 Å². The average molecular weight is 255 g/mol. The Hall–Kier alpha value is -2.14. The van der Waals surface area contributed by atoms with E-state index in [1.54, 1.807) is 0 Å². The summed E-state index contributed by atoms with van der Waals surface area (Å²) in [6.45, 7) is 1.46. The van der Waals surface area contributed by atoms with Crippen molar-refractivity contribution in [2.45, 2.75) is 12.3 Å². The highest BCUT2D eigenvalue weighted by atomic mass is 16.5. The smallest absolute Gasteiger partial charge is 0.274 e. The van der Waals surface area contributed by atoms with Gasteiger partial charge in [-0.15, -0.1) is 0 Å². The Bertz CT molecular complexity index is 677. The molecular weight excluding hydrogens is 242 g/mol. The molecule has 5 nitrogen and oxygen atoms in total. The zero-order valence-electron chi connectivity index (χ0n) is 10.3. The molecule has 1 atom stereocenters. The molecule has 19 heavy (non-hydrogen) atoms. The van der Waals surface area contributed by atoms with Crippen LogP contribution in [0.5, 0.6) is 0 Å². The number of fused-ring (bicyclic) bond motifs is 1. The molecule has 0 spiro atoms. The summed E-state index contributed by atoms with van der Waals surface area (Å²) in [5, 5.41) is 5.20. The predicted octanol–water partition coefficient (Wildman–Crippen LogP) is 2.72. The minimum absolute atomic E-state index is 0.266. The summed E-state index contributed by atoms with van der Waals surface area (Å²) in [6, 6.07) is 10.1. The van der Waals surface area contributed by atoms with Crippen molar-refractivity contribution >= 4 is 10.9 Å². The van der Waals surface area contributed by atoms with Gasteiger partial charge < -0.3 is 14.2 Å². The van der Waals surface area contributed by atoms with Crippen molar-refractivity contribution in [2.24, 2.45) is 0 Å². The molecule has 0 saturated carbocycles. The molecule has 1 aromatic carbocycles. The fourth-order valence-electron chi connectivity index (χ4n) is 2.44. The van der Waals surface area contributed by atoms with Crippen molar-refractivity contribution in [2.75, 3.05) is 13.2 Å². The standard InChI is InChI=1S/C14H13N3O2/c1-2-4-11-9(3-1)7-12(15-11)14-16-13(17-19-14)10-5-6-18-8-10/h1-4,7,10,15H,5-6,8H2. The second kappa shape index (κ2) is 4.20. The van der Waals surface area contributed by atoms with Crippen molar-refractivity contribution in [3.63, 3.8) is 0 Å². The summed E-state index contributed by atoms with van der Waals surface area (Å²) in [5.74, 6) is 1.55. The number of hydrogen-bond acceptors (Lipinski definition) is 4. The lowest BCUT2D eigenvalue weighted by atomic mass is 10.1. The first-order valence-corrected chi connectivity index (χ1v) is 6.39. The lowest BCUT2D eigenvalue weighted by Gasteiger charge is -1.97. The molecule has 1 fully saturated rings. The highest BCUT2D eigenvalue weighted by Crippen LogP contribution is 2.27. The van der Waals surface area contributed by atoms with Crippen LogP contribution in [0, 0.1) is 0 Å². The third kappa shape index (κ3) is 1.82. The summed E-state index contributed by atoms with van der Waals surface area (Å²) in [4.78, 5) is 7.76. The number of nitrogens with zero attached hydrogens (tertiary/aromatic N) is 2. The Kier molecular flexibility index (Phi) is 2.38. The molecule has 1 aliphatic heterocycles. The van der Waals surface area contributed by atoms with E-state index in [9.17, 15) is 0 Å². The molecule has 0 radical (unpaired) electrons. The van der Waals surface area contributed by atoms with E-state index in [1.165, 1.54) is 0 Å². The van der Waals surface area contributed by atoms with E-state index in [0.717, 1.165) is 35.4 Å². The molecule has 5 heteroatoms. The Morgan fingerprint density at radius 1 is 1.26 bits per heavy atom.